The lowest BCUT2D eigenvalue weighted by atomic mass is 10.0. The number of rotatable bonds is 8. The SMILES string of the molecule is CCCCCCCc1cc(F)c(-c2cnc(-c3cc(F)c(C#CC(F)(F)F)c(F)c3)nc2)c(F)c1. The Hall–Kier alpha value is -3.41. The second-order valence-corrected chi connectivity index (χ2v) is 7.96. The molecule has 0 amide bonds. The van der Waals surface area contributed by atoms with E-state index in [1.807, 2.05) is 0 Å². The molecule has 0 saturated carbocycles. The number of nitrogens with zero attached hydrogens (tertiary/aromatic N) is 2. The fourth-order valence-electron chi connectivity index (χ4n) is 3.54. The van der Waals surface area contributed by atoms with E-state index >= 15 is 0 Å². The minimum atomic E-state index is -4.91. The summed E-state index contributed by atoms with van der Waals surface area (Å²) in [6.45, 7) is 2.10. The van der Waals surface area contributed by atoms with Gasteiger partial charge in [0.25, 0.3) is 0 Å². The first-order chi connectivity index (χ1) is 16.6. The van der Waals surface area contributed by atoms with Gasteiger partial charge >= 0.3 is 6.18 Å². The molecule has 0 spiro atoms. The van der Waals surface area contributed by atoms with E-state index in [-0.39, 0.29) is 22.5 Å². The first-order valence-electron chi connectivity index (χ1n) is 11.0. The minimum absolute atomic E-state index is 0.0202. The first kappa shape index (κ1) is 26.2. The van der Waals surface area contributed by atoms with Gasteiger partial charge in [0.2, 0.25) is 0 Å². The predicted molar refractivity (Wildman–Crippen MR) is 118 cm³/mol. The summed E-state index contributed by atoms with van der Waals surface area (Å²) in [7, 11) is 0. The van der Waals surface area contributed by atoms with E-state index < -0.39 is 35.0 Å². The van der Waals surface area contributed by atoms with E-state index in [4.69, 9.17) is 0 Å². The van der Waals surface area contributed by atoms with Gasteiger partial charge in [-0.15, -0.1) is 0 Å². The van der Waals surface area contributed by atoms with Crippen LogP contribution in [0.15, 0.2) is 36.7 Å². The zero-order chi connectivity index (χ0) is 25.6. The molecule has 0 aliphatic carbocycles. The van der Waals surface area contributed by atoms with Gasteiger partial charge in [-0.2, -0.15) is 13.2 Å². The van der Waals surface area contributed by atoms with Crippen molar-refractivity contribution in [3.63, 3.8) is 0 Å². The monoisotopic (exact) mass is 494 g/mol. The molecule has 3 rings (SSSR count). The first-order valence-corrected chi connectivity index (χ1v) is 11.0. The van der Waals surface area contributed by atoms with E-state index in [9.17, 15) is 30.7 Å². The molecule has 0 aliphatic heterocycles. The highest BCUT2D eigenvalue weighted by atomic mass is 19.4. The Morgan fingerprint density at radius 2 is 1.31 bits per heavy atom. The molecule has 0 radical (unpaired) electrons. The minimum Gasteiger partial charge on any atom is -0.236 e. The van der Waals surface area contributed by atoms with Crippen LogP contribution in [0.2, 0.25) is 0 Å². The van der Waals surface area contributed by atoms with Gasteiger partial charge in [-0.05, 0) is 42.7 Å². The summed E-state index contributed by atoms with van der Waals surface area (Å²) in [5.74, 6) is -2.18. The normalized spacial score (nSPS) is 11.3. The van der Waals surface area contributed by atoms with Gasteiger partial charge in [-0.1, -0.05) is 38.5 Å². The highest BCUT2D eigenvalue weighted by molar-refractivity contribution is 5.66. The van der Waals surface area contributed by atoms with Crippen LogP contribution in [-0.2, 0) is 6.42 Å². The Labute approximate surface area is 198 Å². The van der Waals surface area contributed by atoms with Crippen molar-refractivity contribution in [1.82, 2.24) is 9.97 Å². The van der Waals surface area contributed by atoms with E-state index in [2.05, 4.69) is 16.9 Å². The van der Waals surface area contributed by atoms with Gasteiger partial charge in [-0.25, -0.2) is 27.5 Å². The topological polar surface area (TPSA) is 25.8 Å². The highest BCUT2D eigenvalue weighted by Gasteiger charge is 2.24. The molecule has 2 nitrogen and oxygen atoms in total. The maximum absolute atomic E-state index is 14.7. The van der Waals surface area contributed by atoms with Crippen molar-refractivity contribution < 1.29 is 30.7 Å². The molecular formula is C26H21F7N2. The van der Waals surface area contributed by atoms with Crippen LogP contribution in [0.1, 0.15) is 50.2 Å². The predicted octanol–water partition coefficient (Wildman–Crippen LogP) is 7.79. The van der Waals surface area contributed by atoms with E-state index in [0.29, 0.717) is 12.0 Å². The summed E-state index contributed by atoms with van der Waals surface area (Å²) in [4.78, 5) is 7.82. The molecule has 0 N–H and O–H groups in total. The van der Waals surface area contributed by atoms with Crippen LogP contribution >= 0.6 is 0 Å². The number of hydrogen-bond acceptors (Lipinski definition) is 2. The number of benzene rings is 2. The Morgan fingerprint density at radius 1 is 0.743 bits per heavy atom. The molecule has 3 aromatic rings. The van der Waals surface area contributed by atoms with Crippen LogP contribution in [0.5, 0.6) is 0 Å². The van der Waals surface area contributed by atoms with Gasteiger partial charge in [0.05, 0.1) is 11.1 Å². The molecule has 0 atom stereocenters. The molecule has 1 heterocycles. The molecule has 184 valence electrons. The largest absolute Gasteiger partial charge is 0.458 e. The Morgan fingerprint density at radius 3 is 1.86 bits per heavy atom. The molecule has 0 aliphatic rings. The number of aryl methyl sites for hydroxylation is 1. The van der Waals surface area contributed by atoms with Gasteiger partial charge in [0.15, 0.2) is 5.82 Å². The van der Waals surface area contributed by atoms with Crippen molar-refractivity contribution in [2.45, 2.75) is 51.6 Å². The molecular weight excluding hydrogens is 473 g/mol. The second kappa shape index (κ2) is 11.3. The lowest BCUT2D eigenvalue weighted by molar-refractivity contribution is -0.0696. The van der Waals surface area contributed by atoms with Crippen LogP contribution in [0.3, 0.4) is 0 Å². The third-order valence-corrected chi connectivity index (χ3v) is 5.24. The van der Waals surface area contributed by atoms with Crippen molar-refractivity contribution in [3.8, 4) is 34.4 Å². The van der Waals surface area contributed by atoms with Gasteiger partial charge in [-0.3, -0.25) is 0 Å². The lowest BCUT2D eigenvalue weighted by Crippen LogP contribution is -2.03. The van der Waals surface area contributed by atoms with E-state index in [0.717, 1.165) is 62.6 Å². The average molecular weight is 494 g/mol. The summed E-state index contributed by atoms with van der Waals surface area (Å²) < 4.78 is 94.3. The number of alkyl halides is 3. The van der Waals surface area contributed by atoms with Crippen LogP contribution in [0.25, 0.3) is 22.5 Å². The lowest BCUT2D eigenvalue weighted by Gasteiger charge is -2.09. The number of hydrogen-bond donors (Lipinski definition) is 0. The van der Waals surface area contributed by atoms with Crippen LogP contribution in [0, 0.1) is 35.1 Å². The second-order valence-electron chi connectivity index (χ2n) is 7.96. The van der Waals surface area contributed by atoms with Crippen LogP contribution in [-0.4, -0.2) is 16.1 Å². The summed E-state index contributed by atoms with van der Waals surface area (Å²) in [5, 5.41) is 0. The molecule has 35 heavy (non-hydrogen) atoms. The third-order valence-electron chi connectivity index (χ3n) is 5.24. The molecule has 0 bridgehead atoms. The molecule has 9 heteroatoms. The number of aromatic nitrogens is 2. The maximum atomic E-state index is 14.7. The van der Waals surface area contributed by atoms with Crippen molar-refractivity contribution in [3.05, 3.63) is 71.1 Å². The zero-order valence-electron chi connectivity index (χ0n) is 18.7. The van der Waals surface area contributed by atoms with Gasteiger partial charge in [0, 0.05) is 29.4 Å². The van der Waals surface area contributed by atoms with Crippen molar-refractivity contribution in [2.24, 2.45) is 0 Å². The van der Waals surface area contributed by atoms with Crippen molar-refractivity contribution in [1.29, 1.82) is 0 Å². The summed E-state index contributed by atoms with van der Waals surface area (Å²) >= 11 is 0. The quantitative estimate of drug-likeness (QED) is 0.181. The van der Waals surface area contributed by atoms with Crippen molar-refractivity contribution in [2.75, 3.05) is 0 Å². The average Bonchev–Trinajstić information content (AvgIpc) is 2.77. The van der Waals surface area contributed by atoms with E-state index in [1.165, 1.54) is 18.1 Å². The van der Waals surface area contributed by atoms with Crippen molar-refractivity contribution >= 4 is 0 Å². The van der Waals surface area contributed by atoms with Crippen LogP contribution in [0.4, 0.5) is 30.7 Å². The number of unbranched alkanes of at least 4 members (excludes halogenated alkanes) is 4. The van der Waals surface area contributed by atoms with Gasteiger partial charge in [0.1, 0.15) is 23.3 Å². The van der Waals surface area contributed by atoms with E-state index in [1.54, 1.807) is 0 Å². The molecule has 0 unspecified atom stereocenters. The molecule has 0 saturated heterocycles. The smallest absolute Gasteiger partial charge is 0.236 e. The summed E-state index contributed by atoms with van der Waals surface area (Å²) in [6, 6.07) is 3.99. The summed E-state index contributed by atoms with van der Waals surface area (Å²) in [6.07, 6.45) is 2.93. The third kappa shape index (κ3) is 7.04. The fourth-order valence-corrected chi connectivity index (χ4v) is 3.54. The highest BCUT2D eigenvalue weighted by Crippen LogP contribution is 2.29. The number of halogens is 7. The summed E-state index contributed by atoms with van der Waals surface area (Å²) in [5.41, 5.74) is -0.994. The Bertz CT molecular complexity index is 1190. The Balaban J connectivity index is 1.81. The standard InChI is InChI=1S/C26H21F7N2/c1-2-3-4-5-6-7-16-10-22(29)24(23(30)11-16)18-14-34-25(35-15-18)17-12-20(27)19(21(28)13-17)8-9-26(31,32)33/h10-15H,2-7H2,1H3. The molecule has 0 fully saturated rings. The molecule has 1 aromatic heterocycles. The maximum Gasteiger partial charge on any atom is 0.458 e. The van der Waals surface area contributed by atoms with Gasteiger partial charge < -0.3 is 0 Å². The fraction of sp³-hybridized carbons (Fsp3) is 0.308. The molecule has 2 aromatic carbocycles. The Kier molecular flexibility index (Phi) is 8.49. The zero-order valence-corrected chi connectivity index (χ0v) is 18.7. The van der Waals surface area contributed by atoms with Crippen LogP contribution < -0.4 is 0 Å².